The minimum absolute atomic E-state index is 0.364. The van der Waals surface area contributed by atoms with E-state index >= 15 is 0 Å². The molecular weight excluding hydrogens is 188 g/mol. The summed E-state index contributed by atoms with van der Waals surface area (Å²) in [6, 6.07) is 0.430. The molecule has 1 saturated carbocycles. The molecule has 1 saturated heterocycles. The minimum Gasteiger partial charge on any atom is -0.340 e. The second-order valence-electron chi connectivity index (χ2n) is 5.22. The first-order chi connectivity index (χ1) is 7.20. The average molecular weight is 210 g/mol. The van der Waals surface area contributed by atoms with Crippen LogP contribution in [0.4, 0.5) is 0 Å². The summed E-state index contributed by atoms with van der Waals surface area (Å²) < 4.78 is 0. The summed E-state index contributed by atoms with van der Waals surface area (Å²) in [5, 5.41) is 0. The zero-order chi connectivity index (χ0) is 10.8. The molecule has 2 unspecified atom stereocenters. The predicted octanol–water partition coefficient (Wildman–Crippen LogP) is 1.37. The molecule has 3 heteroatoms. The van der Waals surface area contributed by atoms with Gasteiger partial charge in [0.25, 0.3) is 0 Å². The lowest BCUT2D eigenvalue weighted by Crippen LogP contribution is -2.47. The van der Waals surface area contributed by atoms with Crippen molar-refractivity contribution in [3.8, 4) is 0 Å². The molecule has 0 bridgehead atoms. The highest BCUT2D eigenvalue weighted by molar-refractivity contribution is 5.77. The molecule has 2 fully saturated rings. The van der Waals surface area contributed by atoms with E-state index in [0.717, 1.165) is 25.9 Å². The fourth-order valence-corrected chi connectivity index (χ4v) is 2.41. The number of amides is 1. The number of piperidine rings is 1. The highest BCUT2D eigenvalue weighted by atomic mass is 16.2. The highest BCUT2D eigenvalue weighted by Gasteiger charge is 2.32. The Morgan fingerprint density at radius 2 is 1.93 bits per heavy atom. The van der Waals surface area contributed by atoms with Gasteiger partial charge in [-0.15, -0.1) is 0 Å². The van der Waals surface area contributed by atoms with Gasteiger partial charge < -0.3 is 10.6 Å². The van der Waals surface area contributed by atoms with Crippen LogP contribution in [0.15, 0.2) is 0 Å². The first-order valence-corrected chi connectivity index (χ1v) is 6.20. The highest BCUT2D eigenvalue weighted by Crippen LogP contribution is 2.34. The molecule has 1 heterocycles. The number of hydrogen-bond donors (Lipinski definition) is 1. The molecule has 86 valence electrons. The lowest BCUT2D eigenvalue weighted by atomic mass is 9.93. The normalized spacial score (nSPS) is 31.7. The number of likely N-dealkylation sites (tertiary alicyclic amines) is 1. The Kier molecular flexibility index (Phi) is 3.29. The largest absolute Gasteiger partial charge is 0.340 e. The van der Waals surface area contributed by atoms with Crippen LogP contribution in [0.5, 0.6) is 0 Å². The van der Waals surface area contributed by atoms with Crippen molar-refractivity contribution in [2.45, 2.75) is 45.1 Å². The molecular formula is C12H22N2O. The van der Waals surface area contributed by atoms with Gasteiger partial charge >= 0.3 is 0 Å². The van der Waals surface area contributed by atoms with Crippen molar-refractivity contribution in [3.05, 3.63) is 0 Å². The Bertz CT molecular complexity index is 238. The topological polar surface area (TPSA) is 46.3 Å². The molecule has 3 nitrogen and oxygen atoms in total. The van der Waals surface area contributed by atoms with Crippen LogP contribution < -0.4 is 5.73 Å². The third kappa shape index (κ3) is 2.71. The molecule has 0 aromatic rings. The van der Waals surface area contributed by atoms with Crippen LogP contribution in [0, 0.1) is 11.8 Å². The molecule has 1 aliphatic carbocycles. The maximum atomic E-state index is 12.0. The average Bonchev–Trinajstić information content (AvgIpc) is 3.02. The third-order valence-electron chi connectivity index (χ3n) is 3.79. The number of carbonyl (C=O) groups is 1. The minimum atomic E-state index is 0.364. The number of carbonyl (C=O) groups excluding carboxylic acids is 1. The fraction of sp³-hybridized carbons (Fsp3) is 0.917. The standard InChI is InChI=1S/C12H22N2O/c1-9-2-3-11(7-13)8-14(9)12(15)6-10-4-5-10/h9-11H,2-8,13H2,1H3. The summed E-state index contributed by atoms with van der Waals surface area (Å²) in [7, 11) is 0. The fourth-order valence-electron chi connectivity index (χ4n) is 2.41. The van der Waals surface area contributed by atoms with Gasteiger partial charge in [0.05, 0.1) is 0 Å². The van der Waals surface area contributed by atoms with Crippen molar-refractivity contribution in [2.75, 3.05) is 13.1 Å². The zero-order valence-electron chi connectivity index (χ0n) is 9.61. The predicted molar refractivity (Wildman–Crippen MR) is 60.3 cm³/mol. The van der Waals surface area contributed by atoms with E-state index in [-0.39, 0.29) is 0 Å². The van der Waals surface area contributed by atoms with Crippen molar-refractivity contribution in [1.82, 2.24) is 4.90 Å². The molecule has 2 atom stereocenters. The van der Waals surface area contributed by atoms with Crippen molar-refractivity contribution >= 4 is 5.91 Å². The number of nitrogens with zero attached hydrogens (tertiary/aromatic N) is 1. The van der Waals surface area contributed by atoms with Crippen LogP contribution in [-0.4, -0.2) is 29.9 Å². The van der Waals surface area contributed by atoms with E-state index in [4.69, 9.17) is 5.73 Å². The summed E-state index contributed by atoms with van der Waals surface area (Å²) >= 11 is 0. The first-order valence-electron chi connectivity index (χ1n) is 6.20. The van der Waals surface area contributed by atoms with E-state index in [2.05, 4.69) is 11.8 Å². The molecule has 0 radical (unpaired) electrons. The second-order valence-corrected chi connectivity index (χ2v) is 5.22. The van der Waals surface area contributed by atoms with E-state index in [1.807, 2.05) is 0 Å². The van der Waals surface area contributed by atoms with Crippen LogP contribution >= 0.6 is 0 Å². The van der Waals surface area contributed by atoms with Gasteiger partial charge in [0, 0.05) is 19.0 Å². The van der Waals surface area contributed by atoms with Gasteiger partial charge in [-0.25, -0.2) is 0 Å². The van der Waals surface area contributed by atoms with Gasteiger partial charge in [-0.3, -0.25) is 4.79 Å². The number of rotatable bonds is 3. The van der Waals surface area contributed by atoms with E-state index in [0.29, 0.717) is 23.8 Å². The first kappa shape index (κ1) is 10.9. The molecule has 1 aliphatic heterocycles. The van der Waals surface area contributed by atoms with E-state index in [9.17, 15) is 4.79 Å². The summed E-state index contributed by atoms with van der Waals surface area (Å²) in [5.41, 5.74) is 5.69. The van der Waals surface area contributed by atoms with Gasteiger partial charge in [-0.05, 0) is 51.0 Å². The van der Waals surface area contributed by atoms with Crippen molar-refractivity contribution in [1.29, 1.82) is 0 Å². The van der Waals surface area contributed by atoms with Gasteiger partial charge in [0.2, 0.25) is 5.91 Å². The van der Waals surface area contributed by atoms with Crippen LogP contribution in [0.25, 0.3) is 0 Å². The number of hydrogen-bond acceptors (Lipinski definition) is 2. The molecule has 0 spiro atoms. The molecule has 2 N–H and O–H groups in total. The quantitative estimate of drug-likeness (QED) is 0.764. The molecule has 2 rings (SSSR count). The van der Waals surface area contributed by atoms with Gasteiger partial charge in [-0.2, -0.15) is 0 Å². The van der Waals surface area contributed by atoms with E-state index in [1.54, 1.807) is 0 Å². The molecule has 2 aliphatic rings. The van der Waals surface area contributed by atoms with Crippen LogP contribution in [-0.2, 0) is 4.79 Å². The molecule has 1 amide bonds. The van der Waals surface area contributed by atoms with E-state index < -0.39 is 0 Å². The lowest BCUT2D eigenvalue weighted by Gasteiger charge is -2.37. The van der Waals surface area contributed by atoms with E-state index in [1.165, 1.54) is 19.3 Å². The Hall–Kier alpha value is -0.570. The maximum absolute atomic E-state index is 12.0. The maximum Gasteiger partial charge on any atom is 0.223 e. The smallest absolute Gasteiger partial charge is 0.223 e. The van der Waals surface area contributed by atoms with Crippen molar-refractivity contribution in [2.24, 2.45) is 17.6 Å². The Labute approximate surface area is 92.0 Å². The van der Waals surface area contributed by atoms with Crippen molar-refractivity contribution < 1.29 is 4.79 Å². The Balaban J connectivity index is 1.88. The lowest BCUT2D eigenvalue weighted by molar-refractivity contribution is -0.135. The Morgan fingerprint density at radius 1 is 1.27 bits per heavy atom. The summed E-state index contributed by atoms with van der Waals surface area (Å²) in [6.45, 7) is 3.78. The third-order valence-corrected chi connectivity index (χ3v) is 3.79. The van der Waals surface area contributed by atoms with Gasteiger partial charge in [-0.1, -0.05) is 0 Å². The second kappa shape index (κ2) is 4.52. The van der Waals surface area contributed by atoms with Crippen LogP contribution in [0.3, 0.4) is 0 Å². The summed E-state index contributed by atoms with van der Waals surface area (Å²) in [5.74, 6) is 1.59. The zero-order valence-corrected chi connectivity index (χ0v) is 9.61. The summed E-state index contributed by atoms with van der Waals surface area (Å²) in [6.07, 6.45) is 5.60. The molecule has 0 aromatic heterocycles. The summed E-state index contributed by atoms with van der Waals surface area (Å²) in [4.78, 5) is 14.1. The van der Waals surface area contributed by atoms with Crippen LogP contribution in [0.1, 0.15) is 39.0 Å². The SMILES string of the molecule is CC1CCC(CN)CN1C(=O)CC1CC1. The van der Waals surface area contributed by atoms with Gasteiger partial charge in [0.1, 0.15) is 0 Å². The Morgan fingerprint density at radius 3 is 2.53 bits per heavy atom. The van der Waals surface area contributed by atoms with Crippen molar-refractivity contribution in [3.63, 3.8) is 0 Å². The monoisotopic (exact) mass is 210 g/mol. The molecule has 0 aromatic carbocycles. The number of nitrogens with two attached hydrogens (primary N) is 1. The van der Waals surface area contributed by atoms with Crippen LogP contribution in [0.2, 0.25) is 0 Å². The van der Waals surface area contributed by atoms with Gasteiger partial charge in [0.15, 0.2) is 0 Å². The molecule has 15 heavy (non-hydrogen) atoms.